The molecule has 0 atom stereocenters. The molecule has 1 N–H and O–H groups in total. The van der Waals surface area contributed by atoms with E-state index in [0.717, 1.165) is 44.6 Å². The van der Waals surface area contributed by atoms with Gasteiger partial charge in [0.2, 0.25) is 0 Å². The van der Waals surface area contributed by atoms with E-state index in [4.69, 9.17) is 9.84 Å². The maximum atomic E-state index is 10.9. The second kappa shape index (κ2) is 8.31. The highest BCUT2D eigenvalue weighted by atomic mass is 32.1. The number of ether oxygens (including phenoxy) is 1. The highest BCUT2D eigenvalue weighted by molar-refractivity contribution is 7.09. The maximum absolute atomic E-state index is 10.9. The van der Waals surface area contributed by atoms with E-state index in [1.165, 1.54) is 10.4 Å². The molecule has 4 nitrogen and oxygen atoms in total. The Morgan fingerprint density at radius 1 is 1.21 bits per heavy atom. The normalized spacial score (nSPS) is 16.2. The summed E-state index contributed by atoms with van der Waals surface area (Å²) >= 11 is 1.78. The van der Waals surface area contributed by atoms with Gasteiger partial charge < -0.3 is 9.84 Å². The summed E-state index contributed by atoms with van der Waals surface area (Å²) in [5, 5.41) is 11.1. The van der Waals surface area contributed by atoms with Gasteiger partial charge in [0, 0.05) is 17.8 Å². The van der Waals surface area contributed by atoms with Crippen LogP contribution in [0.25, 0.3) is 0 Å². The van der Waals surface area contributed by atoms with Crippen LogP contribution >= 0.6 is 11.3 Å². The first kappa shape index (κ1) is 17.0. The van der Waals surface area contributed by atoms with Crippen LogP contribution in [0.3, 0.4) is 0 Å². The zero-order valence-electron chi connectivity index (χ0n) is 13.7. The number of hydrogen-bond acceptors (Lipinski definition) is 4. The Hall–Kier alpha value is -1.85. The molecule has 5 heteroatoms. The summed E-state index contributed by atoms with van der Waals surface area (Å²) in [5.74, 6) is 0.0666. The molecule has 2 heterocycles. The molecule has 1 aliphatic heterocycles. The summed E-state index contributed by atoms with van der Waals surface area (Å²) in [5.41, 5.74) is 1.29. The molecule has 3 rings (SSSR count). The molecule has 1 aromatic carbocycles. The van der Waals surface area contributed by atoms with E-state index in [1.807, 2.05) is 12.1 Å². The van der Waals surface area contributed by atoms with Gasteiger partial charge in [0.25, 0.3) is 0 Å². The SMILES string of the molecule is O=C(O)C1CCN(CCOc2ccc(Cc3cccs3)cc2)CC1. The van der Waals surface area contributed by atoms with Gasteiger partial charge in [0.05, 0.1) is 5.92 Å². The molecule has 0 saturated carbocycles. The molecule has 0 bridgehead atoms. The quantitative estimate of drug-likeness (QED) is 0.834. The summed E-state index contributed by atoms with van der Waals surface area (Å²) in [7, 11) is 0. The lowest BCUT2D eigenvalue weighted by atomic mass is 9.97. The van der Waals surface area contributed by atoms with E-state index in [0.29, 0.717) is 6.61 Å². The lowest BCUT2D eigenvalue weighted by Crippen LogP contribution is -2.38. The highest BCUT2D eigenvalue weighted by Gasteiger charge is 2.24. The largest absolute Gasteiger partial charge is 0.492 e. The molecule has 128 valence electrons. The minimum absolute atomic E-state index is 0.168. The number of thiophene rings is 1. The molecule has 1 saturated heterocycles. The molecule has 1 aliphatic rings. The van der Waals surface area contributed by atoms with Crippen LogP contribution in [0.5, 0.6) is 5.75 Å². The Labute approximate surface area is 146 Å². The van der Waals surface area contributed by atoms with Crippen LogP contribution in [-0.2, 0) is 11.2 Å². The van der Waals surface area contributed by atoms with Crippen molar-refractivity contribution in [2.24, 2.45) is 5.92 Å². The monoisotopic (exact) mass is 345 g/mol. The fourth-order valence-corrected chi connectivity index (χ4v) is 3.75. The van der Waals surface area contributed by atoms with Crippen molar-refractivity contribution in [3.8, 4) is 5.75 Å². The lowest BCUT2D eigenvalue weighted by molar-refractivity contribution is -0.143. The third-order valence-electron chi connectivity index (χ3n) is 4.49. The second-order valence-electron chi connectivity index (χ2n) is 6.20. The Morgan fingerprint density at radius 3 is 2.58 bits per heavy atom. The van der Waals surface area contributed by atoms with Crippen molar-refractivity contribution in [2.75, 3.05) is 26.2 Å². The first-order chi connectivity index (χ1) is 11.7. The summed E-state index contributed by atoms with van der Waals surface area (Å²) in [6, 6.07) is 12.5. The van der Waals surface area contributed by atoms with Crippen LogP contribution in [-0.4, -0.2) is 42.2 Å². The zero-order chi connectivity index (χ0) is 16.8. The van der Waals surface area contributed by atoms with Crippen molar-refractivity contribution in [1.82, 2.24) is 4.90 Å². The molecular weight excluding hydrogens is 322 g/mol. The van der Waals surface area contributed by atoms with Gasteiger partial charge in [-0.1, -0.05) is 18.2 Å². The minimum atomic E-state index is -0.659. The van der Waals surface area contributed by atoms with Gasteiger partial charge in [-0.05, 0) is 55.1 Å². The predicted molar refractivity (Wildman–Crippen MR) is 95.9 cm³/mol. The molecule has 0 amide bonds. The average Bonchev–Trinajstić information content (AvgIpc) is 3.10. The number of piperidine rings is 1. The van der Waals surface area contributed by atoms with E-state index in [2.05, 4.69) is 34.5 Å². The van der Waals surface area contributed by atoms with Crippen molar-refractivity contribution in [1.29, 1.82) is 0 Å². The topological polar surface area (TPSA) is 49.8 Å². The zero-order valence-corrected chi connectivity index (χ0v) is 14.5. The second-order valence-corrected chi connectivity index (χ2v) is 7.23. The number of carboxylic acid groups (broad SMARTS) is 1. The van der Waals surface area contributed by atoms with Crippen LogP contribution in [0.2, 0.25) is 0 Å². The van der Waals surface area contributed by atoms with E-state index in [9.17, 15) is 4.79 Å². The third-order valence-corrected chi connectivity index (χ3v) is 5.37. The van der Waals surface area contributed by atoms with Gasteiger partial charge >= 0.3 is 5.97 Å². The van der Waals surface area contributed by atoms with Crippen molar-refractivity contribution in [3.63, 3.8) is 0 Å². The van der Waals surface area contributed by atoms with Crippen LogP contribution in [0, 0.1) is 5.92 Å². The van der Waals surface area contributed by atoms with Crippen molar-refractivity contribution < 1.29 is 14.6 Å². The number of hydrogen-bond donors (Lipinski definition) is 1. The molecule has 2 aromatic rings. The molecule has 1 aromatic heterocycles. The van der Waals surface area contributed by atoms with E-state index in [-0.39, 0.29) is 5.92 Å². The molecule has 0 radical (unpaired) electrons. The van der Waals surface area contributed by atoms with E-state index < -0.39 is 5.97 Å². The van der Waals surface area contributed by atoms with Crippen molar-refractivity contribution >= 4 is 17.3 Å². The van der Waals surface area contributed by atoms with Gasteiger partial charge in [0.15, 0.2) is 0 Å². The summed E-state index contributed by atoms with van der Waals surface area (Å²) in [4.78, 5) is 14.6. The molecular formula is C19H23NO3S. The van der Waals surface area contributed by atoms with Crippen LogP contribution in [0.4, 0.5) is 0 Å². The lowest BCUT2D eigenvalue weighted by Gasteiger charge is -2.29. The summed E-state index contributed by atoms with van der Waals surface area (Å²) in [6.07, 6.45) is 2.45. The fraction of sp³-hybridized carbons (Fsp3) is 0.421. The number of aliphatic carboxylic acids is 1. The van der Waals surface area contributed by atoms with Crippen molar-refractivity contribution in [2.45, 2.75) is 19.3 Å². The Kier molecular flexibility index (Phi) is 5.88. The van der Waals surface area contributed by atoms with Crippen LogP contribution in [0.1, 0.15) is 23.3 Å². The number of nitrogens with zero attached hydrogens (tertiary/aromatic N) is 1. The van der Waals surface area contributed by atoms with E-state index in [1.54, 1.807) is 11.3 Å². The number of likely N-dealkylation sites (tertiary alicyclic amines) is 1. The molecule has 0 spiro atoms. The van der Waals surface area contributed by atoms with E-state index >= 15 is 0 Å². The first-order valence-corrected chi connectivity index (χ1v) is 9.28. The summed E-state index contributed by atoms with van der Waals surface area (Å²) < 4.78 is 5.82. The first-order valence-electron chi connectivity index (χ1n) is 8.40. The van der Waals surface area contributed by atoms with Gasteiger partial charge in [0.1, 0.15) is 12.4 Å². The Morgan fingerprint density at radius 2 is 1.96 bits per heavy atom. The number of carboxylic acids is 1. The number of benzene rings is 1. The summed E-state index contributed by atoms with van der Waals surface area (Å²) in [6.45, 7) is 3.19. The van der Waals surface area contributed by atoms with Gasteiger partial charge in [-0.25, -0.2) is 0 Å². The fourth-order valence-electron chi connectivity index (χ4n) is 3.01. The molecule has 1 fully saturated rings. The molecule has 24 heavy (non-hydrogen) atoms. The van der Waals surface area contributed by atoms with Crippen LogP contribution in [0.15, 0.2) is 41.8 Å². The highest BCUT2D eigenvalue weighted by Crippen LogP contribution is 2.19. The van der Waals surface area contributed by atoms with Gasteiger partial charge in [-0.3, -0.25) is 9.69 Å². The smallest absolute Gasteiger partial charge is 0.306 e. The van der Waals surface area contributed by atoms with Crippen LogP contribution < -0.4 is 4.74 Å². The maximum Gasteiger partial charge on any atom is 0.306 e. The molecule has 0 aliphatic carbocycles. The average molecular weight is 345 g/mol. The van der Waals surface area contributed by atoms with Gasteiger partial charge in [-0.15, -0.1) is 11.3 Å². The Balaban J connectivity index is 1.38. The number of rotatable bonds is 7. The number of carbonyl (C=O) groups is 1. The standard InChI is InChI=1S/C19H23NO3S/c21-19(22)16-7-9-20(10-8-16)11-12-23-17-5-3-15(4-6-17)14-18-2-1-13-24-18/h1-6,13,16H,7-12,14H2,(H,21,22). The predicted octanol–water partition coefficient (Wildman–Crippen LogP) is 3.51. The van der Waals surface area contributed by atoms with Gasteiger partial charge in [-0.2, -0.15) is 0 Å². The third kappa shape index (κ3) is 4.82. The molecule has 0 unspecified atom stereocenters. The van der Waals surface area contributed by atoms with Crippen molar-refractivity contribution in [3.05, 3.63) is 52.2 Å². The Bertz CT molecular complexity index is 631. The minimum Gasteiger partial charge on any atom is -0.492 e.